The first-order valence-corrected chi connectivity index (χ1v) is 9.84. The summed E-state index contributed by atoms with van der Waals surface area (Å²) in [6.45, 7) is 5.64. The molecule has 0 unspecified atom stereocenters. The summed E-state index contributed by atoms with van der Waals surface area (Å²) < 4.78 is 0. The Labute approximate surface area is 148 Å². The first-order valence-electron chi connectivity index (χ1n) is 9.02. The van der Waals surface area contributed by atoms with Crippen molar-refractivity contribution in [1.82, 2.24) is 14.9 Å². The molecule has 5 heteroatoms. The first kappa shape index (κ1) is 16.0. The predicted octanol–water partition coefficient (Wildman–Crippen LogP) is 3.82. The van der Waals surface area contributed by atoms with Gasteiger partial charge in [0.05, 0.1) is 0 Å². The maximum absolute atomic E-state index is 4.80. The molecule has 128 valence electrons. The van der Waals surface area contributed by atoms with Crippen LogP contribution in [0.4, 0.5) is 5.82 Å². The second-order valence-electron chi connectivity index (χ2n) is 7.18. The Balaban J connectivity index is 1.34. The van der Waals surface area contributed by atoms with Crippen LogP contribution in [0.3, 0.4) is 0 Å². The van der Waals surface area contributed by atoms with Crippen LogP contribution in [0, 0.1) is 6.92 Å². The Bertz CT molecular complexity index is 686. The number of thiophene rings is 1. The highest BCUT2D eigenvalue weighted by molar-refractivity contribution is 7.11. The van der Waals surface area contributed by atoms with Gasteiger partial charge < -0.3 is 4.90 Å². The molecule has 3 heterocycles. The fourth-order valence-corrected chi connectivity index (χ4v) is 4.47. The lowest BCUT2D eigenvalue weighted by molar-refractivity contribution is 0.204. The number of hydrogen-bond donors (Lipinski definition) is 0. The van der Waals surface area contributed by atoms with E-state index in [9.17, 15) is 0 Å². The fraction of sp³-hybridized carbons (Fsp3) is 0.579. The number of aryl methyl sites for hydroxylation is 1. The van der Waals surface area contributed by atoms with Gasteiger partial charge in [-0.2, -0.15) is 0 Å². The quantitative estimate of drug-likeness (QED) is 0.827. The summed E-state index contributed by atoms with van der Waals surface area (Å²) >= 11 is 1.93. The van der Waals surface area contributed by atoms with E-state index in [1.165, 1.54) is 48.5 Å². The third-order valence-electron chi connectivity index (χ3n) is 5.24. The highest BCUT2D eigenvalue weighted by Crippen LogP contribution is 2.38. The zero-order valence-corrected chi connectivity index (χ0v) is 15.4. The fourth-order valence-electron chi connectivity index (χ4n) is 3.54. The molecule has 0 atom stereocenters. The van der Waals surface area contributed by atoms with Crippen molar-refractivity contribution in [3.63, 3.8) is 0 Å². The number of anilines is 1. The van der Waals surface area contributed by atoms with Gasteiger partial charge in [-0.15, -0.1) is 11.3 Å². The minimum Gasteiger partial charge on any atom is -0.356 e. The van der Waals surface area contributed by atoms with Crippen LogP contribution in [0.1, 0.15) is 47.2 Å². The van der Waals surface area contributed by atoms with Crippen molar-refractivity contribution in [2.24, 2.45) is 0 Å². The van der Waals surface area contributed by atoms with Gasteiger partial charge in [0.25, 0.3) is 0 Å². The molecule has 0 amide bonds. The molecule has 2 aromatic rings. The van der Waals surface area contributed by atoms with Crippen molar-refractivity contribution in [1.29, 1.82) is 0 Å². The number of aromatic nitrogens is 2. The molecule has 2 aliphatic rings. The minimum atomic E-state index is 0.591. The lowest BCUT2D eigenvalue weighted by atomic mass is 10.0. The molecule has 1 saturated heterocycles. The molecule has 1 aliphatic carbocycles. The average Bonchev–Trinajstić information content (AvgIpc) is 3.38. The topological polar surface area (TPSA) is 32.3 Å². The Hall–Kier alpha value is -1.46. The summed E-state index contributed by atoms with van der Waals surface area (Å²) in [4.78, 5) is 17.1. The van der Waals surface area contributed by atoms with Gasteiger partial charge in [-0.25, -0.2) is 9.97 Å². The number of hydrogen-bond acceptors (Lipinski definition) is 5. The van der Waals surface area contributed by atoms with E-state index >= 15 is 0 Å². The Morgan fingerprint density at radius 3 is 2.62 bits per heavy atom. The van der Waals surface area contributed by atoms with Crippen molar-refractivity contribution >= 4 is 17.2 Å². The third-order valence-corrected chi connectivity index (χ3v) is 6.23. The van der Waals surface area contributed by atoms with E-state index in [0.29, 0.717) is 12.0 Å². The SMILES string of the molecule is Cc1ccc(CN2CCC(N(C)c3ccnc(C4CC4)n3)CC2)s1. The Morgan fingerprint density at radius 1 is 1.17 bits per heavy atom. The van der Waals surface area contributed by atoms with E-state index in [0.717, 1.165) is 18.2 Å². The summed E-state index contributed by atoms with van der Waals surface area (Å²) in [5, 5.41) is 0. The predicted molar refractivity (Wildman–Crippen MR) is 99.8 cm³/mol. The van der Waals surface area contributed by atoms with E-state index in [1.54, 1.807) is 0 Å². The average molecular weight is 343 g/mol. The molecule has 4 nitrogen and oxygen atoms in total. The van der Waals surface area contributed by atoms with Crippen LogP contribution < -0.4 is 4.90 Å². The normalized spacial score (nSPS) is 19.6. The molecule has 0 radical (unpaired) electrons. The Morgan fingerprint density at radius 2 is 1.96 bits per heavy atom. The van der Waals surface area contributed by atoms with Gasteiger partial charge in [-0.1, -0.05) is 0 Å². The molecular formula is C19H26N4S. The Kier molecular flexibility index (Phi) is 4.55. The van der Waals surface area contributed by atoms with Crippen LogP contribution in [-0.4, -0.2) is 41.0 Å². The summed E-state index contributed by atoms with van der Waals surface area (Å²) in [5.41, 5.74) is 0. The number of rotatable bonds is 5. The van der Waals surface area contributed by atoms with Gasteiger partial charge in [0.15, 0.2) is 0 Å². The molecule has 1 aliphatic heterocycles. The van der Waals surface area contributed by atoms with E-state index < -0.39 is 0 Å². The van der Waals surface area contributed by atoms with E-state index in [1.807, 2.05) is 17.5 Å². The number of nitrogens with zero attached hydrogens (tertiary/aromatic N) is 4. The highest BCUT2D eigenvalue weighted by atomic mass is 32.1. The van der Waals surface area contributed by atoms with Crippen molar-refractivity contribution < 1.29 is 0 Å². The molecular weight excluding hydrogens is 316 g/mol. The molecule has 2 fully saturated rings. The summed E-state index contributed by atoms with van der Waals surface area (Å²) in [5.74, 6) is 2.76. The highest BCUT2D eigenvalue weighted by Gasteiger charge is 2.28. The molecule has 0 bridgehead atoms. The molecule has 24 heavy (non-hydrogen) atoms. The lowest BCUT2D eigenvalue weighted by Crippen LogP contribution is -2.43. The van der Waals surface area contributed by atoms with E-state index in [2.05, 4.69) is 47.0 Å². The van der Waals surface area contributed by atoms with Crippen molar-refractivity contribution in [3.05, 3.63) is 40.0 Å². The zero-order valence-electron chi connectivity index (χ0n) is 14.6. The molecule has 4 rings (SSSR count). The third kappa shape index (κ3) is 3.62. The maximum Gasteiger partial charge on any atom is 0.133 e. The van der Waals surface area contributed by atoms with Gasteiger partial charge in [0, 0.05) is 54.6 Å². The van der Waals surface area contributed by atoms with Gasteiger partial charge in [0.1, 0.15) is 11.6 Å². The van der Waals surface area contributed by atoms with Crippen molar-refractivity contribution in [2.75, 3.05) is 25.0 Å². The van der Waals surface area contributed by atoms with Crippen LogP contribution in [0.25, 0.3) is 0 Å². The molecule has 2 aromatic heterocycles. The standard InChI is InChI=1S/C19H26N4S/c1-14-3-6-17(24-14)13-23-11-8-16(9-12-23)22(2)18-7-10-20-19(21-18)15-4-5-15/h3,6-7,10,15-16H,4-5,8-9,11-13H2,1-2H3. The number of likely N-dealkylation sites (tertiary alicyclic amines) is 1. The van der Waals surface area contributed by atoms with Crippen molar-refractivity contribution in [3.8, 4) is 0 Å². The van der Waals surface area contributed by atoms with Crippen molar-refractivity contribution in [2.45, 2.75) is 51.1 Å². The van der Waals surface area contributed by atoms with Crippen LogP contribution in [0.5, 0.6) is 0 Å². The van der Waals surface area contributed by atoms with Crippen LogP contribution in [0.2, 0.25) is 0 Å². The molecule has 0 N–H and O–H groups in total. The number of piperidine rings is 1. The molecule has 0 aromatic carbocycles. The van der Waals surface area contributed by atoms with Crippen LogP contribution >= 0.6 is 11.3 Å². The smallest absolute Gasteiger partial charge is 0.133 e. The zero-order chi connectivity index (χ0) is 16.5. The van der Waals surface area contributed by atoms with Crippen LogP contribution in [-0.2, 0) is 6.54 Å². The van der Waals surface area contributed by atoms with E-state index in [4.69, 9.17) is 4.98 Å². The summed E-state index contributed by atoms with van der Waals surface area (Å²) in [6, 6.07) is 7.16. The second-order valence-corrected chi connectivity index (χ2v) is 8.55. The largest absolute Gasteiger partial charge is 0.356 e. The van der Waals surface area contributed by atoms with Gasteiger partial charge in [-0.05, 0) is 50.8 Å². The minimum absolute atomic E-state index is 0.591. The van der Waals surface area contributed by atoms with Gasteiger partial charge >= 0.3 is 0 Å². The molecule has 1 saturated carbocycles. The summed E-state index contributed by atoms with van der Waals surface area (Å²) in [7, 11) is 2.20. The summed E-state index contributed by atoms with van der Waals surface area (Å²) in [6.07, 6.45) is 6.87. The molecule has 0 spiro atoms. The monoisotopic (exact) mass is 342 g/mol. The second kappa shape index (κ2) is 6.81. The first-order chi connectivity index (χ1) is 11.7. The lowest BCUT2D eigenvalue weighted by Gasteiger charge is -2.37. The maximum atomic E-state index is 4.80. The van der Waals surface area contributed by atoms with Crippen LogP contribution in [0.15, 0.2) is 24.4 Å². The van der Waals surface area contributed by atoms with Gasteiger partial charge in [0.2, 0.25) is 0 Å². The van der Waals surface area contributed by atoms with E-state index in [-0.39, 0.29) is 0 Å². The van der Waals surface area contributed by atoms with Gasteiger partial charge in [-0.3, -0.25) is 4.90 Å².